The number of carbonyl (C=O) groups is 2. The first-order valence-corrected chi connectivity index (χ1v) is 8.78. The Hall–Kier alpha value is -2.96. The number of esters is 1. The number of benzene rings is 1. The number of ether oxygens (including phenoxy) is 2. The molecule has 0 aliphatic carbocycles. The standard InChI is InChI=1S/C20H24N2O5/c1-6-26-14-10-8-13(9-11-14)22-18(24)15(19(25)27-7-2)12-16(21-22)17(23)20(3,4)5/h8-12H,6-7H2,1-5H3. The molecule has 0 aliphatic heterocycles. The molecular weight excluding hydrogens is 348 g/mol. The molecule has 2 rings (SSSR count). The van der Waals surface area contributed by atoms with Gasteiger partial charge in [-0.1, -0.05) is 20.8 Å². The molecule has 1 heterocycles. The molecule has 7 heteroatoms. The minimum Gasteiger partial charge on any atom is -0.494 e. The number of nitrogens with zero attached hydrogens (tertiary/aromatic N) is 2. The highest BCUT2D eigenvalue weighted by Gasteiger charge is 2.27. The minimum absolute atomic E-state index is 0.0269. The number of hydrogen-bond acceptors (Lipinski definition) is 6. The van der Waals surface area contributed by atoms with E-state index in [1.807, 2.05) is 6.92 Å². The summed E-state index contributed by atoms with van der Waals surface area (Å²) in [6, 6.07) is 7.86. The predicted octanol–water partition coefficient (Wildman–Crippen LogP) is 3.04. The van der Waals surface area contributed by atoms with Crippen LogP contribution in [0.1, 0.15) is 55.5 Å². The zero-order valence-electron chi connectivity index (χ0n) is 16.2. The van der Waals surface area contributed by atoms with E-state index in [4.69, 9.17) is 9.47 Å². The number of carbonyl (C=O) groups excluding carboxylic acids is 2. The second kappa shape index (κ2) is 8.16. The second-order valence-electron chi connectivity index (χ2n) is 6.89. The van der Waals surface area contributed by atoms with E-state index in [1.54, 1.807) is 52.0 Å². The van der Waals surface area contributed by atoms with Crippen molar-refractivity contribution in [2.24, 2.45) is 5.41 Å². The van der Waals surface area contributed by atoms with Crippen molar-refractivity contribution in [2.75, 3.05) is 13.2 Å². The summed E-state index contributed by atoms with van der Waals surface area (Å²) in [5.74, 6) is -0.429. The predicted molar refractivity (Wildman–Crippen MR) is 101 cm³/mol. The van der Waals surface area contributed by atoms with Crippen molar-refractivity contribution in [3.8, 4) is 11.4 Å². The fourth-order valence-electron chi connectivity index (χ4n) is 2.37. The van der Waals surface area contributed by atoms with Crippen molar-refractivity contribution in [3.05, 3.63) is 51.9 Å². The van der Waals surface area contributed by atoms with Gasteiger partial charge in [0.05, 0.1) is 18.9 Å². The van der Waals surface area contributed by atoms with Gasteiger partial charge in [-0.05, 0) is 44.2 Å². The number of aromatic nitrogens is 2. The minimum atomic E-state index is -0.785. The van der Waals surface area contributed by atoms with Crippen LogP contribution in [0.15, 0.2) is 35.1 Å². The van der Waals surface area contributed by atoms with E-state index in [0.29, 0.717) is 18.0 Å². The molecule has 0 spiro atoms. The van der Waals surface area contributed by atoms with Gasteiger partial charge in [0.25, 0.3) is 5.56 Å². The lowest BCUT2D eigenvalue weighted by atomic mass is 9.88. The average Bonchev–Trinajstić information content (AvgIpc) is 2.62. The van der Waals surface area contributed by atoms with Gasteiger partial charge in [0.15, 0.2) is 5.78 Å². The maximum Gasteiger partial charge on any atom is 0.343 e. The summed E-state index contributed by atoms with van der Waals surface area (Å²) in [5, 5.41) is 4.19. The van der Waals surface area contributed by atoms with E-state index >= 15 is 0 Å². The lowest BCUT2D eigenvalue weighted by Gasteiger charge is -2.17. The molecule has 0 saturated heterocycles. The van der Waals surface area contributed by atoms with Crippen molar-refractivity contribution in [1.82, 2.24) is 9.78 Å². The van der Waals surface area contributed by atoms with E-state index in [1.165, 1.54) is 6.07 Å². The van der Waals surface area contributed by atoms with E-state index in [-0.39, 0.29) is 23.6 Å². The van der Waals surface area contributed by atoms with Crippen LogP contribution in [0.2, 0.25) is 0 Å². The van der Waals surface area contributed by atoms with Crippen LogP contribution in [-0.2, 0) is 4.74 Å². The van der Waals surface area contributed by atoms with Gasteiger partial charge in [-0.2, -0.15) is 9.78 Å². The maximum atomic E-state index is 12.8. The summed E-state index contributed by atoms with van der Waals surface area (Å²) in [6.45, 7) is 9.37. The van der Waals surface area contributed by atoms with Crippen LogP contribution >= 0.6 is 0 Å². The molecule has 1 aromatic carbocycles. The molecule has 1 aromatic heterocycles. The van der Waals surface area contributed by atoms with Gasteiger partial charge in [0.2, 0.25) is 0 Å². The zero-order valence-corrected chi connectivity index (χ0v) is 16.2. The second-order valence-corrected chi connectivity index (χ2v) is 6.89. The van der Waals surface area contributed by atoms with E-state index in [9.17, 15) is 14.4 Å². The molecule has 0 radical (unpaired) electrons. The zero-order chi connectivity index (χ0) is 20.2. The third-order valence-electron chi connectivity index (χ3n) is 3.71. The highest BCUT2D eigenvalue weighted by Crippen LogP contribution is 2.20. The average molecular weight is 372 g/mol. The van der Waals surface area contributed by atoms with Crippen LogP contribution in [0.3, 0.4) is 0 Å². The third kappa shape index (κ3) is 4.61. The molecule has 0 saturated carbocycles. The summed E-state index contributed by atoms with van der Waals surface area (Å²) in [6.07, 6.45) is 0. The molecule has 0 unspecified atom stereocenters. The Morgan fingerprint density at radius 2 is 1.70 bits per heavy atom. The number of hydrogen-bond donors (Lipinski definition) is 0. The monoisotopic (exact) mass is 372 g/mol. The van der Waals surface area contributed by atoms with Crippen LogP contribution < -0.4 is 10.3 Å². The van der Waals surface area contributed by atoms with Crippen LogP contribution in [0.4, 0.5) is 0 Å². The van der Waals surface area contributed by atoms with Crippen LogP contribution in [0.25, 0.3) is 5.69 Å². The lowest BCUT2D eigenvalue weighted by Crippen LogP contribution is -2.32. The van der Waals surface area contributed by atoms with Gasteiger partial charge in [-0.25, -0.2) is 4.79 Å². The first kappa shape index (κ1) is 20.4. The molecule has 0 amide bonds. The lowest BCUT2D eigenvalue weighted by molar-refractivity contribution is 0.0523. The Kier molecular flexibility index (Phi) is 6.15. The molecule has 27 heavy (non-hydrogen) atoms. The molecule has 0 bridgehead atoms. The van der Waals surface area contributed by atoms with Crippen LogP contribution in [-0.4, -0.2) is 34.7 Å². The Balaban J connectivity index is 2.64. The normalized spacial score (nSPS) is 11.1. The van der Waals surface area contributed by atoms with Crippen molar-refractivity contribution >= 4 is 11.8 Å². The summed E-state index contributed by atoms with van der Waals surface area (Å²) in [5.41, 5.74) is -1.16. The fourth-order valence-corrected chi connectivity index (χ4v) is 2.37. The maximum absolute atomic E-state index is 12.8. The van der Waals surface area contributed by atoms with Gasteiger partial charge in [-0.15, -0.1) is 0 Å². The summed E-state index contributed by atoms with van der Waals surface area (Å²) in [7, 11) is 0. The Bertz CT molecular complexity index is 892. The molecule has 144 valence electrons. The highest BCUT2D eigenvalue weighted by atomic mass is 16.5. The Labute approximate surface area is 157 Å². The molecule has 2 aromatic rings. The van der Waals surface area contributed by atoms with E-state index in [2.05, 4.69) is 5.10 Å². The summed E-state index contributed by atoms with van der Waals surface area (Å²) in [4.78, 5) is 37.7. The molecule has 0 N–H and O–H groups in total. The Morgan fingerprint density at radius 3 is 2.22 bits per heavy atom. The number of ketones is 1. The van der Waals surface area contributed by atoms with Gasteiger partial charge in [0.1, 0.15) is 17.0 Å². The van der Waals surface area contributed by atoms with Gasteiger partial charge < -0.3 is 9.47 Å². The quantitative estimate of drug-likeness (QED) is 0.572. The number of rotatable bonds is 6. The van der Waals surface area contributed by atoms with Crippen molar-refractivity contribution in [2.45, 2.75) is 34.6 Å². The molecule has 0 fully saturated rings. The fraction of sp³-hybridized carbons (Fsp3) is 0.400. The molecule has 0 atom stereocenters. The van der Waals surface area contributed by atoms with E-state index < -0.39 is 16.9 Å². The highest BCUT2D eigenvalue weighted by molar-refractivity contribution is 6.00. The van der Waals surface area contributed by atoms with Crippen molar-refractivity contribution in [3.63, 3.8) is 0 Å². The summed E-state index contributed by atoms with van der Waals surface area (Å²) >= 11 is 0. The summed E-state index contributed by atoms with van der Waals surface area (Å²) < 4.78 is 11.4. The van der Waals surface area contributed by atoms with Gasteiger partial charge in [-0.3, -0.25) is 9.59 Å². The first-order chi connectivity index (χ1) is 12.7. The van der Waals surface area contributed by atoms with Crippen LogP contribution in [0, 0.1) is 5.41 Å². The SMILES string of the molecule is CCOC(=O)c1cc(C(=O)C(C)(C)C)nn(-c2ccc(OCC)cc2)c1=O. The third-order valence-corrected chi connectivity index (χ3v) is 3.71. The largest absolute Gasteiger partial charge is 0.494 e. The molecule has 7 nitrogen and oxygen atoms in total. The molecule has 0 aliphatic rings. The molecular formula is C20H24N2O5. The van der Waals surface area contributed by atoms with Crippen LogP contribution in [0.5, 0.6) is 5.75 Å². The first-order valence-electron chi connectivity index (χ1n) is 8.78. The van der Waals surface area contributed by atoms with Gasteiger partial charge >= 0.3 is 5.97 Å². The number of Topliss-reactive ketones (excluding diaryl/α,β-unsaturated/α-hetero) is 1. The Morgan fingerprint density at radius 1 is 1.07 bits per heavy atom. The topological polar surface area (TPSA) is 87.5 Å². The smallest absolute Gasteiger partial charge is 0.343 e. The van der Waals surface area contributed by atoms with Crippen molar-refractivity contribution < 1.29 is 19.1 Å². The van der Waals surface area contributed by atoms with Crippen molar-refractivity contribution in [1.29, 1.82) is 0 Å². The van der Waals surface area contributed by atoms with Gasteiger partial charge in [0, 0.05) is 5.41 Å². The van der Waals surface area contributed by atoms with E-state index in [0.717, 1.165) is 4.68 Å².